The Labute approximate surface area is 170 Å². The Balaban J connectivity index is 1.89. The molecular formula is C21H27N7O. The van der Waals surface area contributed by atoms with E-state index >= 15 is 0 Å². The van der Waals surface area contributed by atoms with Crippen LogP contribution in [0.15, 0.2) is 29.3 Å². The van der Waals surface area contributed by atoms with Crippen LogP contribution in [0.4, 0.5) is 11.5 Å². The van der Waals surface area contributed by atoms with Crippen molar-refractivity contribution < 1.29 is 0 Å². The van der Waals surface area contributed by atoms with E-state index in [-0.39, 0.29) is 17.4 Å². The summed E-state index contributed by atoms with van der Waals surface area (Å²) < 4.78 is 1.52. The molecule has 152 valence electrons. The van der Waals surface area contributed by atoms with Crippen molar-refractivity contribution in [2.45, 2.75) is 58.0 Å². The summed E-state index contributed by atoms with van der Waals surface area (Å²) in [5.74, 6) is 1.95. The van der Waals surface area contributed by atoms with E-state index < -0.39 is 0 Å². The molecular weight excluding hydrogens is 366 g/mol. The van der Waals surface area contributed by atoms with Crippen LogP contribution in [-0.2, 0) is 7.05 Å². The van der Waals surface area contributed by atoms with Gasteiger partial charge in [0.15, 0.2) is 11.6 Å². The lowest BCUT2D eigenvalue weighted by molar-refractivity contribution is 0.548. The van der Waals surface area contributed by atoms with Crippen LogP contribution in [0, 0.1) is 10.8 Å². The summed E-state index contributed by atoms with van der Waals surface area (Å²) in [4.78, 5) is 25.4. The topological polar surface area (TPSA) is 102 Å². The van der Waals surface area contributed by atoms with E-state index in [0.29, 0.717) is 29.0 Å². The van der Waals surface area contributed by atoms with E-state index in [1.807, 2.05) is 6.07 Å². The maximum atomic E-state index is 12.1. The number of aromatic nitrogens is 3. The maximum Gasteiger partial charge on any atom is 0.250 e. The molecule has 29 heavy (non-hydrogen) atoms. The lowest BCUT2D eigenvalue weighted by Gasteiger charge is -2.46. The number of nitrogens with zero attached hydrogens (tertiary/aromatic N) is 5. The van der Waals surface area contributed by atoms with Crippen molar-refractivity contribution in [2.24, 2.45) is 7.05 Å². The van der Waals surface area contributed by atoms with Gasteiger partial charge >= 0.3 is 0 Å². The first-order valence-corrected chi connectivity index (χ1v) is 10.2. The largest absolute Gasteiger partial charge is 0.342 e. The summed E-state index contributed by atoms with van der Waals surface area (Å²) in [6.45, 7) is 3.76. The summed E-state index contributed by atoms with van der Waals surface area (Å²) in [6, 6.07) is 3.59. The van der Waals surface area contributed by atoms with Crippen molar-refractivity contribution in [1.82, 2.24) is 14.5 Å². The molecule has 0 unspecified atom stereocenters. The number of hydrogen-bond donors (Lipinski definition) is 2. The van der Waals surface area contributed by atoms with E-state index in [9.17, 15) is 4.79 Å². The molecule has 1 saturated carbocycles. The smallest absolute Gasteiger partial charge is 0.250 e. The second-order valence-corrected chi connectivity index (χ2v) is 7.84. The lowest BCUT2D eigenvalue weighted by Crippen LogP contribution is -2.57. The Morgan fingerprint density at radius 3 is 2.66 bits per heavy atom. The van der Waals surface area contributed by atoms with Crippen molar-refractivity contribution in [3.8, 4) is 11.4 Å². The van der Waals surface area contributed by atoms with E-state index in [1.165, 1.54) is 17.4 Å². The summed E-state index contributed by atoms with van der Waals surface area (Å²) >= 11 is 0. The van der Waals surface area contributed by atoms with Crippen LogP contribution >= 0.6 is 0 Å². The molecule has 0 spiro atoms. The van der Waals surface area contributed by atoms with Gasteiger partial charge in [0.05, 0.1) is 12.2 Å². The molecule has 1 aliphatic carbocycles. The summed E-state index contributed by atoms with van der Waals surface area (Å²) in [6.07, 6.45) is 8.70. The van der Waals surface area contributed by atoms with Crippen molar-refractivity contribution in [2.75, 3.05) is 9.80 Å². The van der Waals surface area contributed by atoms with Crippen LogP contribution in [0.5, 0.6) is 0 Å². The molecule has 4 rings (SSSR count). The minimum atomic E-state index is -0.128. The van der Waals surface area contributed by atoms with Gasteiger partial charge in [0, 0.05) is 30.9 Å². The fourth-order valence-electron chi connectivity index (χ4n) is 4.46. The molecule has 1 atom stereocenters. The highest BCUT2D eigenvalue weighted by atomic mass is 16.1. The highest BCUT2D eigenvalue weighted by Crippen LogP contribution is 2.40. The average molecular weight is 393 g/mol. The van der Waals surface area contributed by atoms with E-state index in [0.717, 1.165) is 25.1 Å². The summed E-state index contributed by atoms with van der Waals surface area (Å²) in [7, 11) is 1.71. The molecule has 2 aliphatic rings. The third-order valence-corrected chi connectivity index (χ3v) is 5.93. The Morgan fingerprint density at radius 1 is 1.31 bits per heavy atom. The molecule has 0 amide bonds. The fraction of sp³-hybridized carbons (Fsp3) is 0.476. The number of anilines is 2. The molecule has 8 heteroatoms. The van der Waals surface area contributed by atoms with Gasteiger partial charge in [0.1, 0.15) is 17.4 Å². The molecule has 0 radical (unpaired) electrons. The standard InChI is InChI=1S/C21H27N7O/c1-4-16-19(23)27(13(2)22)17-12-24-20(14-9-10-26(3)18(29)11-14)25-21(17)28(16)15-7-5-6-8-15/h9-12,15-16,22-23H,4-8H2,1-3H3/t16-/m1/s1. The number of pyridine rings is 1. The molecule has 0 bridgehead atoms. The van der Waals surface area contributed by atoms with Gasteiger partial charge in [-0.1, -0.05) is 19.8 Å². The Kier molecular flexibility index (Phi) is 4.94. The molecule has 2 N–H and O–H groups in total. The molecule has 0 saturated heterocycles. The number of fused-ring (bicyclic) bond motifs is 1. The van der Waals surface area contributed by atoms with Gasteiger partial charge in [-0.15, -0.1) is 0 Å². The fourth-order valence-corrected chi connectivity index (χ4v) is 4.46. The Bertz CT molecular complexity index is 1020. The first-order chi connectivity index (χ1) is 13.9. The highest BCUT2D eigenvalue weighted by molar-refractivity contribution is 6.21. The maximum absolute atomic E-state index is 12.1. The van der Waals surface area contributed by atoms with Crippen molar-refractivity contribution in [3.05, 3.63) is 34.9 Å². The van der Waals surface area contributed by atoms with Gasteiger partial charge in [0.2, 0.25) is 0 Å². The normalized spacial score (nSPS) is 19.6. The zero-order chi connectivity index (χ0) is 20.7. The third-order valence-electron chi connectivity index (χ3n) is 5.93. The Hall–Kier alpha value is -3.03. The van der Waals surface area contributed by atoms with Crippen LogP contribution in [0.2, 0.25) is 0 Å². The van der Waals surface area contributed by atoms with Crippen LogP contribution in [0.1, 0.15) is 46.0 Å². The molecule has 8 nitrogen and oxygen atoms in total. The van der Waals surface area contributed by atoms with Gasteiger partial charge in [-0.05, 0) is 32.3 Å². The minimum Gasteiger partial charge on any atom is -0.342 e. The van der Waals surface area contributed by atoms with Crippen molar-refractivity contribution >= 4 is 23.2 Å². The first-order valence-electron chi connectivity index (χ1n) is 10.2. The van der Waals surface area contributed by atoms with Gasteiger partial charge in [-0.25, -0.2) is 9.97 Å². The van der Waals surface area contributed by atoms with E-state index in [2.05, 4.69) is 16.8 Å². The number of rotatable bonds is 3. The number of nitrogens with one attached hydrogen (secondary N) is 2. The highest BCUT2D eigenvalue weighted by Gasteiger charge is 2.41. The van der Waals surface area contributed by atoms with Gasteiger partial charge in [0.25, 0.3) is 5.56 Å². The average Bonchev–Trinajstić information content (AvgIpc) is 3.22. The first kappa shape index (κ1) is 19.3. The second kappa shape index (κ2) is 7.42. The SMILES string of the molecule is CC[C@@H]1C(=N)N(C(C)=N)c2cnc(-c3ccn(C)c(=O)c3)nc2N1C1CCCC1. The monoisotopic (exact) mass is 393 g/mol. The van der Waals surface area contributed by atoms with Crippen LogP contribution in [0.3, 0.4) is 0 Å². The Morgan fingerprint density at radius 2 is 2.03 bits per heavy atom. The van der Waals surface area contributed by atoms with Crippen LogP contribution in [0.25, 0.3) is 11.4 Å². The van der Waals surface area contributed by atoms with Crippen molar-refractivity contribution in [1.29, 1.82) is 10.8 Å². The quantitative estimate of drug-likeness (QED) is 0.616. The van der Waals surface area contributed by atoms with Crippen LogP contribution in [-0.4, -0.2) is 38.3 Å². The van der Waals surface area contributed by atoms with Gasteiger partial charge in [-0.3, -0.25) is 20.5 Å². The van der Waals surface area contributed by atoms with Crippen molar-refractivity contribution in [3.63, 3.8) is 0 Å². The van der Waals surface area contributed by atoms with E-state index in [1.54, 1.807) is 37.3 Å². The second-order valence-electron chi connectivity index (χ2n) is 7.84. The van der Waals surface area contributed by atoms with Crippen LogP contribution < -0.4 is 15.4 Å². The molecule has 2 aromatic heterocycles. The van der Waals surface area contributed by atoms with Gasteiger partial charge < -0.3 is 9.47 Å². The van der Waals surface area contributed by atoms with Gasteiger partial charge in [-0.2, -0.15) is 0 Å². The summed E-state index contributed by atoms with van der Waals surface area (Å²) in [5.41, 5.74) is 1.24. The lowest BCUT2D eigenvalue weighted by atomic mass is 10.0. The number of aryl methyl sites for hydroxylation is 1. The summed E-state index contributed by atoms with van der Waals surface area (Å²) in [5, 5.41) is 17.0. The zero-order valence-electron chi connectivity index (χ0n) is 17.1. The molecule has 1 fully saturated rings. The molecule has 1 aliphatic heterocycles. The number of hydrogen-bond acceptors (Lipinski definition) is 6. The molecule has 3 heterocycles. The predicted molar refractivity (Wildman–Crippen MR) is 115 cm³/mol. The minimum absolute atomic E-state index is 0.110. The molecule has 0 aromatic carbocycles. The zero-order valence-corrected chi connectivity index (χ0v) is 17.1. The number of amidine groups is 2. The third kappa shape index (κ3) is 3.22. The molecule has 2 aromatic rings. The predicted octanol–water partition coefficient (Wildman–Crippen LogP) is 3.16. The van der Waals surface area contributed by atoms with E-state index in [4.69, 9.17) is 15.8 Å².